The van der Waals surface area contributed by atoms with Crippen molar-refractivity contribution in [2.24, 2.45) is 11.5 Å². The number of nitrogens with two attached hydrogens (primary N) is 2. The van der Waals surface area contributed by atoms with Crippen LogP contribution >= 0.6 is 0 Å². The van der Waals surface area contributed by atoms with Gasteiger partial charge in [-0.1, -0.05) is 18.2 Å². The summed E-state index contributed by atoms with van der Waals surface area (Å²) in [6, 6.07) is 19.6. The SMILES string of the molecule is NC(=O)OC1CCN(c2ccc(C(N)=O)c(Oc3ccc(Oc4ccccc4)cc3)n2)C1. The van der Waals surface area contributed by atoms with Crippen LogP contribution in [0, 0.1) is 0 Å². The van der Waals surface area contributed by atoms with E-state index in [0.717, 1.165) is 5.75 Å². The fourth-order valence-electron chi connectivity index (χ4n) is 3.38. The Labute approximate surface area is 184 Å². The molecule has 4 N–H and O–H groups in total. The van der Waals surface area contributed by atoms with Gasteiger partial charge in [-0.15, -0.1) is 0 Å². The zero-order valence-electron chi connectivity index (χ0n) is 17.1. The van der Waals surface area contributed by atoms with Gasteiger partial charge in [0, 0.05) is 13.0 Å². The first-order chi connectivity index (χ1) is 15.5. The number of carbonyl (C=O) groups is 2. The maximum atomic E-state index is 11.9. The Hall–Kier alpha value is -4.27. The number of hydrogen-bond acceptors (Lipinski definition) is 7. The minimum absolute atomic E-state index is 0.0889. The van der Waals surface area contributed by atoms with Crippen LogP contribution in [0.1, 0.15) is 16.8 Å². The number of pyridine rings is 1. The predicted octanol–water partition coefficient (Wildman–Crippen LogP) is 3.44. The number of amides is 2. The van der Waals surface area contributed by atoms with E-state index in [1.807, 2.05) is 35.2 Å². The number of nitrogens with zero attached hydrogens (tertiary/aromatic N) is 2. The minimum atomic E-state index is -0.808. The third-order valence-corrected chi connectivity index (χ3v) is 4.88. The highest BCUT2D eigenvalue weighted by atomic mass is 16.6. The summed E-state index contributed by atoms with van der Waals surface area (Å²) >= 11 is 0. The Morgan fingerprint density at radius 1 is 0.875 bits per heavy atom. The number of para-hydroxylation sites is 1. The number of anilines is 1. The molecular formula is C23H22N4O5. The normalized spacial score (nSPS) is 15.2. The first-order valence-corrected chi connectivity index (χ1v) is 10.0. The number of benzene rings is 2. The predicted molar refractivity (Wildman–Crippen MR) is 117 cm³/mol. The molecule has 0 radical (unpaired) electrons. The number of rotatable bonds is 7. The molecule has 0 saturated carbocycles. The van der Waals surface area contributed by atoms with Crippen molar-refractivity contribution in [1.29, 1.82) is 0 Å². The summed E-state index contributed by atoms with van der Waals surface area (Å²) in [5, 5.41) is 0. The number of carbonyl (C=O) groups excluding carboxylic acids is 2. The molecule has 3 aromatic rings. The molecule has 9 heteroatoms. The Kier molecular flexibility index (Phi) is 6.07. The van der Waals surface area contributed by atoms with Gasteiger partial charge >= 0.3 is 6.09 Å². The van der Waals surface area contributed by atoms with Gasteiger partial charge in [0.1, 0.15) is 34.7 Å². The Morgan fingerprint density at radius 3 is 2.19 bits per heavy atom. The lowest BCUT2D eigenvalue weighted by Gasteiger charge is -2.19. The molecule has 1 unspecified atom stereocenters. The van der Waals surface area contributed by atoms with E-state index in [1.165, 1.54) is 0 Å². The minimum Gasteiger partial charge on any atom is -0.457 e. The highest BCUT2D eigenvalue weighted by Gasteiger charge is 2.27. The lowest BCUT2D eigenvalue weighted by atomic mass is 10.2. The Morgan fingerprint density at radius 2 is 1.53 bits per heavy atom. The highest BCUT2D eigenvalue weighted by Crippen LogP contribution is 2.30. The molecule has 1 fully saturated rings. The van der Waals surface area contributed by atoms with Crippen LogP contribution in [0.4, 0.5) is 10.6 Å². The van der Waals surface area contributed by atoms with E-state index in [4.69, 9.17) is 25.7 Å². The van der Waals surface area contributed by atoms with Gasteiger partial charge in [-0.2, -0.15) is 4.98 Å². The van der Waals surface area contributed by atoms with Crippen LogP contribution in [-0.4, -0.2) is 36.2 Å². The molecule has 2 amide bonds. The number of ether oxygens (including phenoxy) is 3. The lowest BCUT2D eigenvalue weighted by Crippen LogP contribution is -2.27. The van der Waals surface area contributed by atoms with Crippen molar-refractivity contribution >= 4 is 17.8 Å². The zero-order valence-corrected chi connectivity index (χ0v) is 17.1. The molecule has 2 heterocycles. The fraction of sp³-hybridized carbons (Fsp3) is 0.174. The Bertz CT molecular complexity index is 1110. The van der Waals surface area contributed by atoms with Crippen LogP contribution in [0.2, 0.25) is 0 Å². The van der Waals surface area contributed by atoms with E-state index in [-0.39, 0.29) is 17.5 Å². The summed E-state index contributed by atoms with van der Waals surface area (Å²) in [5.74, 6) is 1.83. The van der Waals surface area contributed by atoms with Crippen LogP contribution in [0.5, 0.6) is 23.1 Å². The van der Waals surface area contributed by atoms with Gasteiger partial charge < -0.3 is 30.6 Å². The average molecular weight is 434 g/mol. The van der Waals surface area contributed by atoms with E-state index in [9.17, 15) is 9.59 Å². The largest absolute Gasteiger partial charge is 0.457 e. The van der Waals surface area contributed by atoms with Crippen LogP contribution < -0.4 is 25.8 Å². The quantitative estimate of drug-likeness (QED) is 0.582. The van der Waals surface area contributed by atoms with E-state index in [0.29, 0.717) is 36.8 Å². The zero-order chi connectivity index (χ0) is 22.5. The average Bonchev–Trinajstić information content (AvgIpc) is 3.23. The standard InChI is InChI=1S/C23H22N4O5/c24-21(28)19-10-11-20(27-13-12-18(14-27)32-23(25)29)26-22(19)31-17-8-6-16(7-9-17)30-15-4-2-1-3-5-15/h1-11,18H,12-14H2,(H2,24,28)(H2,25,29). The van der Waals surface area contributed by atoms with E-state index in [1.54, 1.807) is 36.4 Å². The van der Waals surface area contributed by atoms with Gasteiger partial charge in [0.2, 0.25) is 5.88 Å². The number of primary amides is 2. The van der Waals surface area contributed by atoms with E-state index in [2.05, 4.69) is 4.98 Å². The first-order valence-electron chi connectivity index (χ1n) is 10.0. The van der Waals surface area contributed by atoms with Crippen LogP contribution in [0.15, 0.2) is 66.7 Å². The van der Waals surface area contributed by atoms with Crippen molar-refractivity contribution in [2.75, 3.05) is 18.0 Å². The van der Waals surface area contributed by atoms with E-state index < -0.39 is 12.0 Å². The summed E-state index contributed by atoms with van der Waals surface area (Å²) in [4.78, 5) is 29.3. The monoisotopic (exact) mass is 434 g/mol. The molecule has 9 nitrogen and oxygen atoms in total. The van der Waals surface area contributed by atoms with Gasteiger partial charge in [-0.25, -0.2) is 4.79 Å². The van der Waals surface area contributed by atoms with Crippen LogP contribution in [-0.2, 0) is 4.74 Å². The second-order valence-electron chi connectivity index (χ2n) is 7.17. The van der Waals surface area contributed by atoms with Gasteiger partial charge in [0.15, 0.2) is 0 Å². The molecule has 0 spiro atoms. The van der Waals surface area contributed by atoms with Gasteiger partial charge in [0.25, 0.3) is 5.91 Å². The maximum absolute atomic E-state index is 11.9. The van der Waals surface area contributed by atoms with Crippen molar-refractivity contribution in [1.82, 2.24) is 4.98 Å². The second-order valence-corrected chi connectivity index (χ2v) is 7.17. The highest BCUT2D eigenvalue weighted by molar-refractivity contribution is 5.95. The molecule has 4 rings (SSSR count). The third-order valence-electron chi connectivity index (χ3n) is 4.88. The lowest BCUT2D eigenvalue weighted by molar-refractivity contribution is 0.0997. The van der Waals surface area contributed by atoms with Crippen molar-refractivity contribution in [3.8, 4) is 23.1 Å². The third kappa shape index (κ3) is 5.07. The molecule has 1 aromatic heterocycles. The van der Waals surface area contributed by atoms with Crippen molar-refractivity contribution in [3.63, 3.8) is 0 Å². The van der Waals surface area contributed by atoms with Gasteiger partial charge in [-0.05, 0) is 48.5 Å². The smallest absolute Gasteiger partial charge is 0.404 e. The molecule has 1 aliphatic heterocycles. The second kappa shape index (κ2) is 9.25. The van der Waals surface area contributed by atoms with Gasteiger partial charge in [0.05, 0.1) is 6.54 Å². The molecule has 0 aliphatic carbocycles. The molecule has 0 bridgehead atoms. The number of aromatic nitrogens is 1. The summed E-state index contributed by atoms with van der Waals surface area (Å²) in [6.07, 6.45) is -0.495. The molecule has 2 aromatic carbocycles. The molecule has 32 heavy (non-hydrogen) atoms. The van der Waals surface area contributed by atoms with E-state index >= 15 is 0 Å². The van der Waals surface area contributed by atoms with Crippen molar-refractivity contribution < 1.29 is 23.8 Å². The maximum Gasteiger partial charge on any atom is 0.404 e. The molecule has 164 valence electrons. The Balaban J connectivity index is 1.50. The molecular weight excluding hydrogens is 412 g/mol. The fourth-order valence-corrected chi connectivity index (χ4v) is 3.38. The number of hydrogen-bond donors (Lipinski definition) is 2. The summed E-state index contributed by atoms with van der Waals surface area (Å²) in [6.45, 7) is 1.06. The summed E-state index contributed by atoms with van der Waals surface area (Å²) in [5.41, 5.74) is 10.7. The summed E-state index contributed by atoms with van der Waals surface area (Å²) in [7, 11) is 0. The topological polar surface area (TPSA) is 130 Å². The van der Waals surface area contributed by atoms with Crippen molar-refractivity contribution in [2.45, 2.75) is 12.5 Å². The van der Waals surface area contributed by atoms with Gasteiger partial charge in [-0.3, -0.25) is 4.79 Å². The summed E-state index contributed by atoms with van der Waals surface area (Å²) < 4.78 is 16.7. The van der Waals surface area contributed by atoms with Crippen LogP contribution in [0.3, 0.4) is 0 Å². The molecule has 1 atom stereocenters. The molecule has 1 aliphatic rings. The first kappa shape index (κ1) is 21.0. The molecule has 1 saturated heterocycles. The van der Waals surface area contributed by atoms with Crippen LogP contribution in [0.25, 0.3) is 0 Å². The van der Waals surface area contributed by atoms with Crippen molar-refractivity contribution in [3.05, 3.63) is 72.3 Å².